The Morgan fingerprint density at radius 2 is 1.78 bits per heavy atom. The fourth-order valence-corrected chi connectivity index (χ4v) is 7.99. The molecule has 0 radical (unpaired) electrons. The normalized spacial score (nSPS) is 49.2. The van der Waals surface area contributed by atoms with Crippen LogP contribution in [0.3, 0.4) is 0 Å². The van der Waals surface area contributed by atoms with E-state index in [4.69, 9.17) is 5.11 Å². The van der Waals surface area contributed by atoms with Gasteiger partial charge in [0.2, 0.25) is 0 Å². The van der Waals surface area contributed by atoms with Gasteiger partial charge in [-0.05, 0) is 92.3 Å². The molecule has 0 aliphatic heterocycles. The first-order valence-electron chi connectivity index (χ1n) is 11.2. The molecule has 4 fully saturated rings. The highest BCUT2D eigenvalue weighted by molar-refractivity contribution is 5.83. The maximum Gasteiger partial charge on any atom is 0.303 e. The number of aliphatic hydroxyl groups excluding tert-OH is 1. The molecule has 4 rings (SSSR count). The van der Waals surface area contributed by atoms with Crippen molar-refractivity contribution in [2.45, 2.75) is 90.6 Å². The summed E-state index contributed by atoms with van der Waals surface area (Å²) in [5, 5.41) is 19.1. The molecule has 0 bridgehead atoms. The number of carboxylic acids is 1. The highest BCUT2D eigenvalue weighted by Crippen LogP contribution is 2.67. The van der Waals surface area contributed by atoms with Gasteiger partial charge in [-0.2, -0.15) is 0 Å². The van der Waals surface area contributed by atoms with Crippen LogP contribution in [-0.4, -0.2) is 28.1 Å². The maximum absolute atomic E-state index is 13.3. The topological polar surface area (TPSA) is 74.6 Å². The molecule has 0 aromatic rings. The standard InChI is InChI=1S/C23H36O4/c1-22-11-9-18-21(17(22)7-6-14(22)4-3-5-20(26)27)19(25)13-15-12-16(24)8-10-23(15,18)2/h14-18,21,24H,3-13H2,1-2H3,(H,26,27)/t14?,15?,16-,17?,18?,21?,22?,23?/m1/s1. The number of carboxylic acid groups (broad SMARTS) is 1. The first-order valence-corrected chi connectivity index (χ1v) is 11.2. The molecule has 152 valence electrons. The van der Waals surface area contributed by atoms with Crippen molar-refractivity contribution in [3.63, 3.8) is 0 Å². The predicted molar refractivity (Wildman–Crippen MR) is 103 cm³/mol. The minimum Gasteiger partial charge on any atom is -0.481 e. The molecule has 4 aliphatic rings. The summed E-state index contributed by atoms with van der Waals surface area (Å²) in [7, 11) is 0. The van der Waals surface area contributed by atoms with Crippen molar-refractivity contribution in [1.29, 1.82) is 0 Å². The number of carbonyl (C=O) groups is 2. The molecule has 7 unspecified atom stereocenters. The monoisotopic (exact) mass is 376 g/mol. The van der Waals surface area contributed by atoms with E-state index in [1.54, 1.807) is 0 Å². The zero-order valence-corrected chi connectivity index (χ0v) is 17.0. The summed E-state index contributed by atoms with van der Waals surface area (Å²) >= 11 is 0. The smallest absolute Gasteiger partial charge is 0.303 e. The summed E-state index contributed by atoms with van der Waals surface area (Å²) < 4.78 is 0. The second-order valence-electron chi connectivity index (χ2n) is 10.6. The van der Waals surface area contributed by atoms with Gasteiger partial charge in [0.25, 0.3) is 0 Å². The Bertz CT molecular complexity index is 615. The molecule has 4 heteroatoms. The Balaban J connectivity index is 1.54. The minimum atomic E-state index is -0.695. The van der Waals surface area contributed by atoms with Gasteiger partial charge in [0.05, 0.1) is 6.10 Å². The molecular weight excluding hydrogens is 340 g/mol. The summed E-state index contributed by atoms with van der Waals surface area (Å²) in [6.07, 6.45) is 9.89. The second kappa shape index (κ2) is 6.86. The SMILES string of the molecule is CC12CCC3C(C(=O)CC4C[C@H](O)CCC43C)C1CCC2CCCC(=O)O. The molecule has 0 spiro atoms. The van der Waals surface area contributed by atoms with Crippen LogP contribution in [0.2, 0.25) is 0 Å². The van der Waals surface area contributed by atoms with Crippen molar-refractivity contribution >= 4 is 11.8 Å². The molecule has 0 aromatic heterocycles. The Labute approximate surface area is 163 Å². The molecule has 0 saturated heterocycles. The lowest BCUT2D eigenvalue weighted by atomic mass is 9.44. The Kier molecular flexibility index (Phi) is 4.93. The Hall–Kier alpha value is -0.900. The Morgan fingerprint density at radius 1 is 1.07 bits per heavy atom. The number of aliphatic carboxylic acids is 1. The van der Waals surface area contributed by atoms with E-state index in [0.29, 0.717) is 35.9 Å². The highest BCUT2D eigenvalue weighted by atomic mass is 16.4. The fourth-order valence-electron chi connectivity index (χ4n) is 7.99. The van der Waals surface area contributed by atoms with Crippen molar-refractivity contribution in [1.82, 2.24) is 0 Å². The minimum absolute atomic E-state index is 0.213. The van der Waals surface area contributed by atoms with E-state index >= 15 is 0 Å². The van der Waals surface area contributed by atoms with Crippen LogP contribution < -0.4 is 0 Å². The molecule has 2 N–H and O–H groups in total. The number of hydrogen-bond donors (Lipinski definition) is 2. The van der Waals surface area contributed by atoms with Crippen LogP contribution in [0.4, 0.5) is 0 Å². The van der Waals surface area contributed by atoms with Crippen LogP contribution in [-0.2, 0) is 9.59 Å². The van der Waals surface area contributed by atoms with Crippen molar-refractivity contribution in [3.05, 3.63) is 0 Å². The van der Waals surface area contributed by atoms with Gasteiger partial charge >= 0.3 is 5.97 Å². The summed E-state index contributed by atoms with van der Waals surface area (Å²) in [5.74, 6) is 1.92. The lowest BCUT2D eigenvalue weighted by Gasteiger charge is -2.60. The van der Waals surface area contributed by atoms with Crippen molar-refractivity contribution < 1.29 is 19.8 Å². The lowest BCUT2D eigenvalue weighted by molar-refractivity contribution is -0.160. The third-order valence-corrected chi connectivity index (χ3v) is 9.58. The number of carbonyl (C=O) groups excluding carboxylic acids is 1. The van der Waals surface area contributed by atoms with Gasteiger partial charge in [0.1, 0.15) is 5.78 Å². The third kappa shape index (κ3) is 3.07. The largest absolute Gasteiger partial charge is 0.481 e. The van der Waals surface area contributed by atoms with Crippen molar-refractivity contribution in [2.24, 2.45) is 40.4 Å². The number of hydrogen-bond acceptors (Lipinski definition) is 3. The first kappa shape index (κ1) is 19.4. The zero-order chi connectivity index (χ0) is 19.4. The summed E-state index contributed by atoms with van der Waals surface area (Å²) in [5.41, 5.74) is 0.438. The van der Waals surface area contributed by atoms with Crippen molar-refractivity contribution in [2.75, 3.05) is 0 Å². The van der Waals surface area contributed by atoms with E-state index in [1.807, 2.05) is 0 Å². The van der Waals surface area contributed by atoms with Gasteiger partial charge in [0, 0.05) is 18.8 Å². The van der Waals surface area contributed by atoms with Crippen LogP contribution in [0.25, 0.3) is 0 Å². The number of rotatable bonds is 4. The summed E-state index contributed by atoms with van der Waals surface area (Å²) in [4.78, 5) is 24.2. The fraction of sp³-hybridized carbons (Fsp3) is 0.913. The highest BCUT2D eigenvalue weighted by Gasteiger charge is 2.62. The van der Waals surface area contributed by atoms with Gasteiger partial charge in [-0.1, -0.05) is 13.8 Å². The second-order valence-corrected chi connectivity index (χ2v) is 10.6. The van der Waals surface area contributed by atoms with E-state index in [-0.39, 0.29) is 29.3 Å². The average Bonchev–Trinajstić information content (AvgIpc) is 2.93. The van der Waals surface area contributed by atoms with Gasteiger partial charge in [-0.15, -0.1) is 0 Å². The summed E-state index contributed by atoms with van der Waals surface area (Å²) in [6.45, 7) is 4.81. The molecule has 0 amide bonds. The van der Waals surface area contributed by atoms with E-state index in [0.717, 1.165) is 51.4 Å². The maximum atomic E-state index is 13.3. The Morgan fingerprint density at radius 3 is 2.52 bits per heavy atom. The molecule has 4 nitrogen and oxygen atoms in total. The van der Waals surface area contributed by atoms with Gasteiger partial charge in [-0.25, -0.2) is 0 Å². The molecule has 4 aliphatic carbocycles. The van der Waals surface area contributed by atoms with Crippen LogP contribution in [0, 0.1) is 40.4 Å². The molecule has 0 heterocycles. The van der Waals surface area contributed by atoms with Crippen LogP contribution in [0.1, 0.15) is 84.5 Å². The lowest BCUT2D eigenvalue weighted by Crippen LogP contribution is -2.57. The number of fused-ring (bicyclic) bond motifs is 5. The number of Topliss-reactive ketones (excluding diaryl/α,β-unsaturated/α-hetero) is 1. The molecule has 8 atom stereocenters. The molecule has 0 aromatic carbocycles. The van der Waals surface area contributed by atoms with Crippen LogP contribution in [0.15, 0.2) is 0 Å². The van der Waals surface area contributed by atoms with Gasteiger partial charge in [-0.3, -0.25) is 9.59 Å². The van der Waals surface area contributed by atoms with Crippen LogP contribution in [0.5, 0.6) is 0 Å². The van der Waals surface area contributed by atoms with Gasteiger partial charge in [0.15, 0.2) is 0 Å². The summed E-state index contributed by atoms with van der Waals surface area (Å²) in [6, 6.07) is 0. The number of ketones is 1. The average molecular weight is 377 g/mol. The zero-order valence-electron chi connectivity index (χ0n) is 17.0. The predicted octanol–water partition coefficient (Wildman–Crippen LogP) is 4.44. The van der Waals surface area contributed by atoms with Crippen LogP contribution >= 0.6 is 0 Å². The quantitative estimate of drug-likeness (QED) is 0.761. The molecule has 27 heavy (non-hydrogen) atoms. The third-order valence-electron chi connectivity index (χ3n) is 9.58. The molecule has 4 saturated carbocycles. The van der Waals surface area contributed by atoms with E-state index in [1.165, 1.54) is 6.42 Å². The number of aliphatic hydroxyl groups is 1. The van der Waals surface area contributed by atoms with E-state index in [9.17, 15) is 14.7 Å². The van der Waals surface area contributed by atoms with Gasteiger partial charge < -0.3 is 10.2 Å². The molecular formula is C23H36O4. The van der Waals surface area contributed by atoms with E-state index < -0.39 is 5.97 Å². The van der Waals surface area contributed by atoms with E-state index in [2.05, 4.69) is 13.8 Å². The first-order chi connectivity index (χ1) is 12.8. The van der Waals surface area contributed by atoms with Crippen molar-refractivity contribution in [3.8, 4) is 0 Å².